The van der Waals surface area contributed by atoms with E-state index in [1.807, 2.05) is 24.3 Å². The highest BCUT2D eigenvalue weighted by molar-refractivity contribution is 5.67. The van der Waals surface area contributed by atoms with Crippen molar-refractivity contribution in [1.82, 2.24) is 5.32 Å². The van der Waals surface area contributed by atoms with E-state index in [0.717, 1.165) is 17.7 Å². The van der Waals surface area contributed by atoms with Crippen LogP contribution in [0, 0.1) is 0 Å². The van der Waals surface area contributed by atoms with E-state index in [1.54, 1.807) is 0 Å². The number of aliphatic hydroxyl groups is 1. The Kier molecular flexibility index (Phi) is 8.47. The minimum Gasteiger partial charge on any atom is -0.494 e. The molecular formula is C16H25NO4. The molecule has 0 bridgehead atoms. The molecule has 0 radical (unpaired) electrons. The normalized spacial score (nSPS) is 12.1. The van der Waals surface area contributed by atoms with Gasteiger partial charge in [-0.3, -0.25) is 4.79 Å². The van der Waals surface area contributed by atoms with Crippen LogP contribution in [0.5, 0.6) is 5.75 Å². The molecule has 5 nitrogen and oxygen atoms in total. The summed E-state index contributed by atoms with van der Waals surface area (Å²) in [5, 5.41) is 20.9. The number of nitrogens with one attached hydrogen (secondary N) is 1. The molecule has 1 rings (SSSR count). The van der Waals surface area contributed by atoms with E-state index in [4.69, 9.17) is 14.9 Å². The first-order chi connectivity index (χ1) is 10.2. The third-order valence-corrected chi connectivity index (χ3v) is 3.07. The molecule has 0 aliphatic rings. The quantitative estimate of drug-likeness (QED) is 0.543. The Hall–Kier alpha value is -1.59. The molecule has 1 aromatic carbocycles. The monoisotopic (exact) mass is 295 g/mol. The summed E-state index contributed by atoms with van der Waals surface area (Å²) in [4.78, 5) is 10.9. The first kappa shape index (κ1) is 17.5. The van der Waals surface area contributed by atoms with Crippen molar-refractivity contribution in [3.05, 3.63) is 29.8 Å². The van der Waals surface area contributed by atoms with Crippen molar-refractivity contribution >= 4 is 5.97 Å². The van der Waals surface area contributed by atoms with Crippen molar-refractivity contribution in [3.8, 4) is 5.75 Å². The zero-order valence-electron chi connectivity index (χ0n) is 12.5. The van der Waals surface area contributed by atoms with Gasteiger partial charge in [0.15, 0.2) is 0 Å². The molecule has 1 atom stereocenters. The molecule has 0 amide bonds. The highest BCUT2D eigenvalue weighted by atomic mass is 16.5. The standard InChI is InChI=1S/C16H25NO4/c1-2-10-21-15-6-4-13(5-7-15)11-14(12-16(19)20)17-8-3-9-18/h4-7,14,17-18H,2-3,8-12H2,1H3,(H,19,20). The van der Waals surface area contributed by atoms with Gasteiger partial charge in [-0.05, 0) is 43.5 Å². The summed E-state index contributed by atoms with van der Waals surface area (Å²) >= 11 is 0. The summed E-state index contributed by atoms with van der Waals surface area (Å²) in [5.74, 6) is 0.0167. The van der Waals surface area contributed by atoms with Gasteiger partial charge in [0.1, 0.15) is 5.75 Å². The third kappa shape index (κ3) is 7.68. The lowest BCUT2D eigenvalue weighted by atomic mass is 10.0. The predicted molar refractivity (Wildman–Crippen MR) is 81.7 cm³/mol. The van der Waals surface area contributed by atoms with Crippen molar-refractivity contribution in [2.24, 2.45) is 0 Å². The SMILES string of the molecule is CCCOc1ccc(CC(CC(=O)O)NCCCO)cc1. The van der Waals surface area contributed by atoms with Crippen molar-refractivity contribution in [2.75, 3.05) is 19.8 Å². The molecule has 3 N–H and O–H groups in total. The smallest absolute Gasteiger partial charge is 0.304 e. The van der Waals surface area contributed by atoms with Crippen molar-refractivity contribution in [3.63, 3.8) is 0 Å². The summed E-state index contributed by atoms with van der Waals surface area (Å²) in [5.41, 5.74) is 1.07. The van der Waals surface area contributed by atoms with Crippen LogP contribution < -0.4 is 10.1 Å². The van der Waals surface area contributed by atoms with Gasteiger partial charge in [0.25, 0.3) is 0 Å². The van der Waals surface area contributed by atoms with Gasteiger partial charge in [0, 0.05) is 12.6 Å². The van der Waals surface area contributed by atoms with Gasteiger partial charge >= 0.3 is 5.97 Å². The van der Waals surface area contributed by atoms with Crippen molar-refractivity contribution in [1.29, 1.82) is 0 Å². The van der Waals surface area contributed by atoms with Gasteiger partial charge in [-0.25, -0.2) is 0 Å². The average molecular weight is 295 g/mol. The first-order valence-electron chi connectivity index (χ1n) is 7.43. The molecule has 0 aromatic heterocycles. The minimum atomic E-state index is -0.820. The second-order valence-electron chi connectivity index (χ2n) is 5.02. The van der Waals surface area contributed by atoms with Crippen LogP contribution in [0.3, 0.4) is 0 Å². The van der Waals surface area contributed by atoms with Crippen LogP contribution in [0.2, 0.25) is 0 Å². The van der Waals surface area contributed by atoms with Crippen LogP contribution >= 0.6 is 0 Å². The van der Waals surface area contributed by atoms with E-state index < -0.39 is 5.97 Å². The Balaban J connectivity index is 2.53. The molecular weight excluding hydrogens is 270 g/mol. The van der Waals surface area contributed by atoms with E-state index in [9.17, 15) is 4.79 Å². The zero-order valence-corrected chi connectivity index (χ0v) is 12.5. The van der Waals surface area contributed by atoms with E-state index >= 15 is 0 Å². The average Bonchev–Trinajstić information content (AvgIpc) is 2.46. The van der Waals surface area contributed by atoms with E-state index in [2.05, 4.69) is 12.2 Å². The van der Waals surface area contributed by atoms with Crippen molar-refractivity contribution < 1.29 is 19.7 Å². The molecule has 0 heterocycles. The number of benzene rings is 1. The fraction of sp³-hybridized carbons (Fsp3) is 0.562. The molecule has 1 aromatic rings. The van der Waals surface area contributed by atoms with Gasteiger partial charge in [-0.1, -0.05) is 19.1 Å². The number of hydrogen-bond donors (Lipinski definition) is 3. The Morgan fingerprint density at radius 2 is 2.05 bits per heavy atom. The number of aliphatic hydroxyl groups excluding tert-OH is 1. The lowest BCUT2D eigenvalue weighted by Gasteiger charge is -2.17. The van der Waals surface area contributed by atoms with E-state index in [0.29, 0.717) is 26.0 Å². The number of carboxylic acid groups (broad SMARTS) is 1. The van der Waals surface area contributed by atoms with Crippen LogP contribution in [-0.2, 0) is 11.2 Å². The van der Waals surface area contributed by atoms with Gasteiger partial charge in [-0.2, -0.15) is 0 Å². The predicted octanol–water partition coefficient (Wildman–Crippen LogP) is 1.83. The van der Waals surface area contributed by atoms with Gasteiger partial charge in [0.05, 0.1) is 13.0 Å². The van der Waals surface area contributed by atoms with Crippen LogP contribution in [0.25, 0.3) is 0 Å². The highest BCUT2D eigenvalue weighted by Gasteiger charge is 2.13. The third-order valence-electron chi connectivity index (χ3n) is 3.07. The van der Waals surface area contributed by atoms with Gasteiger partial charge < -0.3 is 20.3 Å². The second kappa shape index (κ2) is 10.2. The Bertz CT molecular complexity index is 405. The molecule has 0 saturated heterocycles. The molecule has 0 aliphatic carbocycles. The Labute approximate surface area is 125 Å². The fourth-order valence-electron chi connectivity index (χ4n) is 2.04. The maximum absolute atomic E-state index is 10.9. The van der Waals surface area contributed by atoms with Gasteiger partial charge in [-0.15, -0.1) is 0 Å². The molecule has 5 heteroatoms. The molecule has 0 fully saturated rings. The first-order valence-corrected chi connectivity index (χ1v) is 7.43. The summed E-state index contributed by atoms with van der Waals surface area (Å²) in [6.07, 6.45) is 2.31. The number of carbonyl (C=O) groups is 1. The molecule has 21 heavy (non-hydrogen) atoms. The van der Waals surface area contributed by atoms with Crippen LogP contribution in [0.1, 0.15) is 31.7 Å². The minimum absolute atomic E-state index is 0.0690. The maximum Gasteiger partial charge on any atom is 0.304 e. The number of hydrogen-bond acceptors (Lipinski definition) is 4. The second-order valence-corrected chi connectivity index (χ2v) is 5.02. The summed E-state index contributed by atoms with van der Waals surface area (Å²) in [6.45, 7) is 3.48. The van der Waals surface area contributed by atoms with Gasteiger partial charge in [0.2, 0.25) is 0 Å². The van der Waals surface area contributed by atoms with E-state index in [-0.39, 0.29) is 19.1 Å². The molecule has 118 valence electrons. The van der Waals surface area contributed by atoms with E-state index in [1.165, 1.54) is 0 Å². The van der Waals surface area contributed by atoms with Crippen LogP contribution in [0.15, 0.2) is 24.3 Å². The Morgan fingerprint density at radius 1 is 1.33 bits per heavy atom. The Morgan fingerprint density at radius 3 is 2.62 bits per heavy atom. The zero-order chi connectivity index (χ0) is 15.5. The number of rotatable bonds is 11. The number of aliphatic carboxylic acids is 1. The molecule has 0 spiro atoms. The van der Waals surface area contributed by atoms with Crippen molar-refractivity contribution in [2.45, 2.75) is 38.6 Å². The summed E-state index contributed by atoms with van der Waals surface area (Å²) < 4.78 is 5.52. The molecule has 0 aliphatic heterocycles. The lowest BCUT2D eigenvalue weighted by molar-refractivity contribution is -0.137. The highest BCUT2D eigenvalue weighted by Crippen LogP contribution is 2.14. The number of ether oxygens (including phenoxy) is 1. The van der Waals surface area contributed by atoms with Crippen LogP contribution in [-0.4, -0.2) is 42.0 Å². The summed E-state index contributed by atoms with van der Waals surface area (Å²) in [7, 11) is 0. The molecule has 0 saturated carbocycles. The largest absolute Gasteiger partial charge is 0.494 e. The topological polar surface area (TPSA) is 78.8 Å². The number of carboxylic acids is 1. The molecule has 1 unspecified atom stereocenters. The summed E-state index contributed by atoms with van der Waals surface area (Å²) in [6, 6.07) is 7.63. The fourth-order valence-corrected chi connectivity index (χ4v) is 2.04. The lowest BCUT2D eigenvalue weighted by Crippen LogP contribution is -2.34. The van der Waals surface area contributed by atoms with Crippen LogP contribution in [0.4, 0.5) is 0 Å². The maximum atomic E-state index is 10.9.